The number of nitriles is 1. The molecule has 3 aromatic carbocycles. The van der Waals surface area contributed by atoms with Crippen LogP contribution in [0.3, 0.4) is 0 Å². The van der Waals surface area contributed by atoms with Crippen molar-refractivity contribution in [2.24, 2.45) is 0 Å². The number of hydrogen-bond acceptors (Lipinski definition) is 4. The Hall–Kier alpha value is -4.24. The van der Waals surface area contributed by atoms with E-state index in [9.17, 15) is 10.1 Å². The fraction of sp³-hybridized carbons (Fsp3) is 0.241. The van der Waals surface area contributed by atoms with Gasteiger partial charge >= 0.3 is 6.09 Å². The third kappa shape index (κ3) is 4.58. The highest BCUT2D eigenvalue weighted by molar-refractivity contribution is 5.96. The van der Waals surface area contributed by atoms with E-state index < -0.39 is 6.09 Å². The van der Waals surface area contributed by atoms with Crippen molar-refractivity contribution in [3.05, 3.63) is 83.9 Å². The summed E-state index contributed by atoms with van der Waals surface area (Å²) in [5.74, 6) is 0.766. The van der Waals surface area contributed by atoms with Gasteiger partial charge in [0.05, 0.1) is 23.4 Å². The second-order valence-electron chi connectivity index (χ2n) is 8.67. The summed E-state index contributed by atoms with van der Waals surface area (Å²) in [4.78, 5) is 12.2. The number of anilines is 1. The van der Waals surface area contributed by atoms with Gasteiger partial charge in [-0.05, 0) is 67.6 Å². The van der Waals surface area contributed by atoms with E-state index in [0.717, 1.165) is 46.3 Å². The first-order chi connectivity index (χ1) is 17.2. The molecule has 1 saturated carbocycles. The van der Waals surface area contributed by atoms with E-state index in [1.54, 1.807) is 0 Å². The third-order valence-electron chi connectivity index (χ3n) is 6.45. The van der Waals surface area contributed by atoms with Crippen LogP contribution in [0.2, 0.25) is 0 Å². The number of fused-ring (bicyclic) bond motifs is 1. The lowest BCUT2D eigenvalue weighted by Gasteiger charge is -2.30. The van der Waals surface area contributed by atoms with Gasteiger partial charge in [0.15, 0.2) is 0 Å². The molecule has 0 spiro atoms. The highest BCUT2D eigenvalue weighted by atomic mass is 16.5. The Labute approximate surface area is 204 Å². The number of nitrogens with one attached hydrogen (secondary N) is 1. The van der Waals surface area contributed by atoms with Crippen LogP contribution in [0.15, 0.2) is 72.8 Å². The zero-order chi connectivity index (χ0) is 24.2. The second-order valence-corrected chi connectivity index (χ2v) is 8.67. The number of amides is 1. The van der Waals surface area contributed by atoms with Gasteiger partial charge in [-0.25, -0.2) is 4.79 Å². The van der Waals surface area contributed by atoms with Crippen LogP contribution >= 0.6 is 0 Å². The van der Waals surface area contributed by atoms with E-state index in [0.29, 0.717) is 23.9 Å². The molecule has 1 aliphatic carbocycles. The Bertz CT molecular complexity index is 1380. The first-order valence-electron chi connectivity index (χ1n) is 12.0. The van der Waals surface area contributed by atoms with E-state index in [1.807, 2.05) is 73.7 Å². The molecule has 176 valence electrons. The number of rotatable bonds is 7. The SMILES string of the molecule is CCOc1ccc2c(c1)c(C#N)c(-c1ccc(NC(=O)OCc3ccccc3)cc1)n2C1CCC1. The summed E-state index contributed by atoms with van der Waals surface area (Å²) in [6.07, 6.45) is 2.88. The maximum absolute atomic E-state index is 12.2. The van der Waals surface area contributed by atoms with Crippen LogP contribution in [0.25, 0.3) is 22.2 Å². The van der Waals surface area contributed by atoms with Crippen LogP contribution in [0.1, 0.15) is 43.4 Å². The summed E-state index contributed by atoms with van der Waals surface area (Å²) in [5, 5.41) is 13.8. The van der Waals surface area contributed by atoms with Crippen LogP contribution in [-0.4, -0.2) is 17.3 Å². The summed E-state index contributed by atoms with van der Waals surface area (Å²) in [7, 11) is 0. The van der Waals surface area contributed by atoms with Gasteiger partial charge in [0, 0.05) is 17.1 Å². The minimum Gasteiger partial charge on any atom is -0.494 e. The number of hydrogen-bond donors (Lipinski definition) is 1. The molecule has 0 aliphatic heterocycles. The van der Waals surface area contributed by atoms with Gasteiger partial charge in [-0.15, -0.1) is 0 Å². The number of ether oxygens (including phenoxy) is 2. The van der Waals surface area contributed by atoms with Crippen molar-refractivity contribution in [1.29, 1.82) is 5.26 Å². The number of nitrogens with zero attached hydrogens (tertiary/aromatic N) is 2. The maximum Gasteiger partial charge on any atom is 0.411 e. The van der Waals surface area contributed by atoms with Crippen LogP contribution in [0, 0.1) is 11.3 Å². The highest BCUT2D eigenvalue weighted by Crippen LogP contribution is 2.43. The minimum absolute atomic E-state index is 0.210. The Balaban J connectivity index is 1.42. The van der Waals surface area contributed by atoms with Gasteiger partial charge in [-0.1, -0.05) is 42.5 Å². The summed E-state index contributed by atoms with van der Waals surface area (Å²) < 4.78 is 13.3. The van der Waals surface area contributed by atoms with E-state index in [1.165, 1.54) is 6.42 Å². The number of carbonyl (C=O) groups is 1. The average molecular weight is 466 g/mol. The van der Waals surface area contributed by atoms with Crippen LogP contribution in [0.5, 0.6) is 5.75 Å². The molecule has 6 nitrogen and oxygen atoms in total. The summed E-state index contributed by atoms with van der Waals surface area (Å²) in [6, 6.07) is 25.9. The summed E-state index contributed by atoms with van der Waals surface area (Å²) >= 11 is 0. The van der Waals surface area contributed by atoms with Crippen molar-refractivity contribution in [2.45, 2.75) is 38.8 Å². The molecule has 1 aromatic heterocycles. The molecule has 0 atom stereocenters. The predicted molar refractivity (Wildman–Crippen MR) is 136 cm³/mol. The lowest BCUT2D eigenvalue weighted by Crippen LogP contribution is -2.17. The first kappa shape index (κ1) is 22.5. The molecular formula is C29H27N3O3. The van der Waals surface area contributed by atoms with E-state index in [-0.39, 0.29) is 6.61 Å². The van der Waals surface area contributed by atoms with Crippen LogP contribution < -0.4 is 10.1 Å². The number of carbonyl (C=O) groups excluding carboxylic acids is 1. The molecule has 0 bridgehead atoms. The van der Waals surface area contributed by atoms with E-state index >= 15 is 0 Å². The lowest BCUT2D eigenvalue weighted by atomic mass is 9.92. The Kier molecular flexibility index (Phi) is 6.40. The molecule has 6 heteroatoms. The third-order valence-corrected chi connectivity index (χ3v) is 6.45. The molecule has 4 aromatic rings. The number of benzene rings is 3. The van der Waals surface area contributed by atoms with Gasteiger partial charge in [0.25, 0.3) is 0 Å². The molecule has 0 unspecified atom stereocenters. The fourth-order valence-electron chi connectivity index (χ4n) is 4.56. The first-order valence-corrected chi connectivity index (χ1v) is 12.0. The zero-order valence-electron chi connectivity index (χ0n) is 19.7. The Morgan fingerprint density at radius 3 is 2.51 bits per heavy atom. The van der Waals surface area contributed by atoms with Gasteiger partial charge < -0.3 is 14.0 Å². The average Bonchev–Trinajstić information content (AvgIpc) is 3.16. The van der Waals surface area contributed by atoms with E-state index in [2.05, 4.69) is 22.0 Å². The van der Waals surface area contributed by atoms with Crippen molar-refractivity contribution in [1.82, 2.24) is 4.57 Å². The van der Waals surface area contributed by atoms with Crippen LogP contribution in [0.4, 0.5) is 10.5 Å². The van der Waals surface area contributed by atoms with Crippen molar-refractivity contribution in [2.75, 3.05) is 11.9 Å². The molecule has 1 aliphatic rings. The maximum atomic E-state index is 12.2. The normalized spacial score (nSPS) is 13.1. The van der Waals surface area contributed by atoms with E-state index in [4.69, 9.17) is 9.47 Å². The molecule has 0 radical (unpaired) electrons. The lowest BCUT2D eigenvalue weighted by molar-refractivity contribution is 0.155. The topological polar surface area (TPSA) is 76.3 Å². The number of aromatic nitrogens is 1. The Morgan fingerprint density at radius 2 is 1.86 bits per heavy atom. The molecule has 1 amide bonds. The Morgan fingerprint density at radius 1 is 1.09 bits per heavy atom. The van der Waals surface area contributed by atoms with Crippen molar-refractivity contribution in [3.63, 3.8) is 0 Å². The predicted octanol–water partition coefficient (Wildman–Crippen LogP) is 7.05. The standard InChI is InChI=1S/C29H27N3O3/c1-2-34-24-15-16-27-25(17-24)26(18-30)28(32(27)23-9-6-10-23)21-11-13-22(14-12-21)31-29(33)35-19-20-7-4-3-5-8-20/h3-5,7-8,11-17,23H,2,6,9-10,19H2,1H3,(H,31,33). The highest BCUT2D eigenvalue weighted by Gasteiger charge is 2.28. The monoisotopic (exact) mass is 465 g/mol. The van der Waals surface area contributed by atoms with Crippen LogP contribution in [-0.2, 0) is 11.3 Å². The zero-order valence-corrected chi connectivity index (χ0v) is 19.7. The summed E-state index contributed by atoms with van der Waals surface area (Å²) in [5.41, 5.74) is 5.12. The minimum atomic E-state index is -0.508. The van der Waals surface area contributed by atoms with Crippen molar-refractivity contribution in [3.8, 4) is 23.1 Å². The quantitative estimate of drug-likeness (QED) is 0.317. The molecule has 35 heavy (non-hydrogen) atoms. The molecular weight excluding hydrogens is 438 g/mol. The molecule has 1 heterocycles. The van der Waals surface area contributed by atoms with Gasteiger partial charge in [-0.2, -0.15) is 5.26 Å². The molecule has 1 fully saturated rings. The van der Waals surface area contributed by atoms with Gasteiger partial charge in [-0.3, -0.25) is 5.32 Å². The molecule has 1 N–H and O–H groups in total. The molecule has 0 saturated heterocycles. The summed E-state index contributed by atoms with van der Waals surface area (Å²) in [6.45, 7) is 2.74. The second kappa shape index (κ2) is 9.94. The van der Waals surface area contributed by atoms with Crippen molar-refractivity contribution < 1.29 is 14.3 Å². The van der Waals surface area contributed by atoms with Gasteiger partial charge in [0.2, 0.25) is 0 Å². The van der Waals surface area contributed by atoms with Crippen molar-refractivity contribution >= 4 is 22.7 Å². The smallest absolute Gasteiger partial charge is 0.411 e. The van der Waals surface area contributed by atoms with Gasteiger partial charge in [0.1, 0.15) is 18.4 Å². The molecule has 5 rings (SSSR count). The largest absolute Gasteiger partial charge is 0.494 e. The fourth-order valence-corrected chi connectivity index (χ4v) is 4.56.